The van der Waals surface area contributed by atoms with Crippen molar-refractivity contribution in [1.82, 2.24) is 20.2 Å². The predicted octanol–water partition coefficient (Wildman–Crippen LogP) is 0.845. The molecule has 0 radical (unpaired) electrons. The van der Waals surface area contributed by atoms with Crippen LogP contribution in [0.15, 0.2) is 40.7 Å². The van der Waals surface area contributed by atoms with Gasteiger partial charge < -0.3 is 5.11 Å². The highest BCUT2D eigenvalue weighted by Crippen LogP contribution is 2.16. The van der Waals surface area contributed by atoms with Gasteiger partial charge in [0.25, 0.3) is 0 Å². The van der Waals surface area contributed by atoms with Crippen LogP contribution in [0.5, 0.6) is 0 Å². The molecular formula is C12H16N4O3. The summed E-state index contributed by atoms with van der Waals surface area (Å²) in [5.74, 6) is -0.990. The first-order valence-corrected chi connectivity index (χ1v) is 5.65. The molecule has 2 N–H and O–H groups in total. The van der Waals surface area contributed by atoms with Gasteiger partial charge >= 0.3 is 11.7 Å². The number of aromatic amines is 1. The van der Waals surface area contributed by atoms with Crippen LogP contribution in [-0.4, -0.2) is 31.3 Å². The van der Waals surface area contributed by atoms with E-state index in [2.05, 4.69) is 15.5 Å². The van der Waals surface area contributed by atoms with Gasteiger partial charge in [0, 0.05) is 5.57 Å². The summed E-state index contributed by atoms with van der Waals surface area (Å²) < 4.78 is 1.17. The van der Waals surface area contributed by atoms with Gasteiger partial charge in [-0.1, -0.05) is 30.4 Å². The highest BCUT2D eigenvalue weighted by molar-refractivity contribution is 5.86. The molecule has 1 atom stereocenters. The van der Waals surface area contributed by atoms with Gasteiger partial charge in [-0.2, -0.15) is 4.68 Å². The Labute approximate surface area is 109 Å². The van der Waals surface area contributed by atoms with Gasteiger partial charge in [-0.25, -0.2) is 14.7 Å². The standard InChI is InChI=1S/C12H16N4O3/c1-4-7-12(3,16-11(19)13-14-15-16)8-5-6-9(2)10(17)18/h4-8H,1-3H3,(H,17,18)(H,13,15,19)/b7-4+,8-5-,9-6+. The van der Waals surface area contributed by atoms with Crippen LogP contribution in [0.2, 0.25) is 0 Å². The molecule has 0 aliphatic rings. The Balaban J connectivity index is 3.13. The van der Waals surface area contributed by atoms with Gasteiger partial charge in [0.2, 0.25) is 0 Å². The fourth-order valence-corrected chi connectivity index (χ4v) is 1.51. The van der Waals surface area contributed by atoms with Gasteiger partial charge in [0.05, 0.1) is 0 Å². The third-order valence-electron chi connectivity index (χ3n) is 2.55. The summed E-state index contributed by atoms with van der Waals surface area (Å²) in [6.07, 6.45) is 8.24. The van der Waals surface area contributed by atoms with E-state index in [0.29, 0.717) is 0 Å². The monoisotopic (exact) mass is 264 g/mol. The van der Waals surface area contributed by atoms with Crippen molar-refractivity contribution in [3.05, 3.63) is 46.4 Å². The predicted molar refractivity (Wildman–Crippen MR) is 69.6 cm³/mol. The molecule has 7 heteroatoms. The number of hydrogen-bond donors (Lipinski definition) is 2. The van der Waals surface area contributed by atoms with Crippen LogP contribution in [0.4, 0.5) is 0 Å². The van der Waals surface area contributed by atoms with E-state index in [1.807, 2.05) is 6.92 Å². The summed E-state index contributed by atoms with van der Waals surface area (Å²) in [7, 11) is 0. The topological polar surface area (TPSA) is 101 Å². The van der Waals surface area contributed by atoms with Crippen molar-refractivity contribution < 1.29 is 9.90 Å². The molecule has 0 bridgehead atoms. The van der Waals surface area contributed by atoms with Crippen LogP contribution < -0.4 is 5.69 Å². The molecule has 19 heavy (non-hydrogen) atoms. The maximum absolute atomic E-state index is 11.6. The smallest absolute Gasteiger partial charge is 0.362 e. The van der Waals surface area contributed by atoms with Crippen LogP contribution in [-0.2, 0) is 10.3 Å². The normalized spacial score (nSPS) is 16.1. The molecule has 1 aromatic heterocycles. The summed E-state index contributed by atoms with van der Waals surface area (Å²) in [5.41, 5.74) is -1.05. The molecule has 1 aromatic rings. The van der Waals surface area contributed by atoms with Gasteiger partial charge in [0.1, 0.15) is 5.54 Å². The molecule has 0 saturated carbocycles. The number of nitrogens with zero attached hydrogens (tertiary/aromatic N) is 3. The average Bonchev–Trinajstić information content (AvgIpc) is 2.76. The van der Waals surface area contributed by atoms with Crippen molar-refractivity contribution in [3.63, 3.8) is 0 Å². The highest BCUT2D eigenvalue weighted by Gasteiger charge is 2.23. The Kier molecular flexibility index (Phi) is 4.57. The maximum atomic E-state index is 11.6. The molecule has 1 unspecified atom stereocenters. The van der Waals surface area contributed by atoms with E-state index in [9.17, 15) is 9.59 Å². The summed E-state index contributed by atoms with van der Waals surface area (Å²) in [4.78, 5) is 22.2. The molecular weight excluding hydrogens is 248 g/mol. The van der Waals surface area contributed by atoms with Crippen LogP contribution in [0.25, 0.3) is 0 Å². The fourth-order valence-electron chi connectivity index (χ4n) is 1.51. The largest absolute Gasteiger partial charge is 0.478 e. The quantitative estimate of drug-likeness (QED) is 0.466. The number of aromatic nitrogens is 4. The second-order valence-corrected chi connectivity index (χ2v) is 4.16. The van der Waals surface area contributed by atoms with E-state index < -0.39 is 17.2 Å². The lowest BCUT2D eigenvalue weighted by Gasteiger charge is -2.19. The third-order valence-corrected chi connectivity index (χ3v) is 2.55. The molecule has 0 saturated heterocycles. The number of carboxylic acid groups (broad SMARTS) is 1. The second kappa shape index (κ2) is 5.94. The number of H-pyrrole nitrogens is 1. The molecule has 0 spiro atoms. The lowest BCUT2D eigenvalue weighted by atomic mass is 10.0. The Hall–Kier alpha value is -2.44. The zero-order valence-corrected chi connectivity index (χ0v) is 11.0. The minimum absolute atomic E-state index is 0.201. The SMILES string of the molecule is C/C=C/C(C)(/C=C\C=C(/C)C(=O)O)n1nn[nH]c1=O. The number of allylic oxidation sites excluding steroid dienone is 5. The summed E-state index contributed by atoms with van der Waals surface area (Å²) in [6, 6.07) is 0. The van der Waals surface area contributed by atoms with E-state index in [0.717, 1.165) is 0 Å². The van der Waals surface area contributed by atoms with Gasteiger partial charge in [0.15, 0.2) is 0 Å². The van der Waals surface area contributed by atoms with Crippen molar-refractivity contribution in [3.8, 4) is 0 Å². The molecule has 1 rings (SSSR count). The summed E-state index contributed by atoms with van der Waals surface area (Å²) in [5, 5.41) is 18.1. The lowest BCUT2D eigenvalue weighted by Crippen LogP contribution is -2.35. The molecule has 7 nitrogen and oxygen atoms in total. The first kappa shape index (κ1) is 14.6. The van der Waals surface area contributed by atoms with Crippen molar-refractivity contribution >= 4 is 5.97 Å². The number of carboxylic acids is 1. The van der Waals surface area contributed by atoms with Crippen molar-refractivity contribution in [1.29, 1.82) is 0 Å². The minimum atomic E-state index is -0.990. The number of aliphatic carboxylic acids is 1. The Morgan fingerprint density at radius 3 is 2.63 bits per heavy atom. The number of hydrogen-bond acceptors (Lipinski definition) is 4. The summed E-state index contributed by atoms with van der Waals surface area (Å²) >= 11 is 0. The van der Waals surface area contributed by atoms with E-state index in [-0.39, 0.29) is 5.57 Å². The van der Waals surface area contributed by atoms with Crippen molar-refractivity contribution in [2.24, 2.45) is 0 Å². The average molecular weight is 264 g/mol. The molecule has 0 fully saturated rings. The van der Waals surface area contributed by atoms with Crippen LogP contribution in [0.3, 0.4) is 0 Å². The third kappa shape index (κ3) is 3.51. The Morgan fingerprint density at radius 1 is 1.47 bits per heavy atom. The van der Waals surface area contributed by atoms with E-state index in [1.165, 1.54) is 17.7 Å². The van der Waals surface area contributed by atoms with Crippen LogP contribution in [0, 0.1) is 0 Å². The molecule has 0 amide bonds. The van der Waals surface area contributed by atoms with Crippen molar-refractivity contribution in [2.75, 3.05) is 0 Å². The first-order chi connectivity index (χ1) is 8.90. The molecule has 102 valence electrons. The number of nitrogens with one attached hydrogen (secondary N) is 1. The number of rotatable bonds is 5. The van der Waals surface area contributed by atoms with E-state index >= 15 is 0 Å². The molecule has 0 aliphatic carbocycles. The number of carbonyl (C=O) groups is 1. The zero-order chi connectivity index (χ0) is 14.5. The van der Waals surface area contributed by atoms with E-state index in [4.69, 9.17) is 5.11 Å². The lowest BCUT2D eigenvalue weighted by molar-refractivity contribution is -0.132. The summed E-state index contributed by atoms with van der Waals surface area (Å²) in [6.45, 7) is 5.06. The second-order valence-electron chi connectivity index (χ2n) is 4.16. The van der Waals surface area contributed by atoms with Gasteiger partial charge in [-0.05, 0) is 31.2 Å². The fraction of sp³-hybridized carbons (Fsp3) is 0.333. The van der Waals surface area contributed by atoms with Gasteiger partial charge in [-0.15, -0.1) is 0 Å². The minimum Gasteiger partial charge on any atom is -0.478 e. The Morgan fingerprint density at radius 2 is 2.16 bits per heavy atom. The maximum Gasteiger partial charge on any atom is 0.362 e. The van der Waals surface area contributed by atoms with Crippen molar-refractivity contribution in [2.45, 2.75) is 26.3 Å². The number of tetrazole rings is 1. The van der Waals surface area contributed by atoms with Crippen LogP contribution in [0.1, 0.15) is 20.8 Å². The highest BCUT2D eigenvalue weighted by atomic mass is 16.4. The zero-order valence-electron chi connectivity index (χ0n) is 11.0. The van der Waals surface area contributed by atoms with E-state index in [1.54, 1.807) is 31.2 Å². The van der Waals surface area contributed by atoms with Gasteiger partial charge in [-0.3, -0.25) is 0 Å². The van der Waals surface area contributed by atoms with Crippen LogP contribution >= 0.6 is 0 Å². The molecule has 1 heterocycles. The molecule has 0 aliphatic heterocycles. The molecule has 0 aromatic carbocycles. The first-order valence-electron chi connectivity index (χ1n) is 5.65. The Bertz CT molecular complexity index is 594.